The fourth-order valence-electron chi connectivity index (χ4n) is 6.65. The normalized spacial score (nSPS) is 22.1. The van der Waals surface area contributed by atoms with Gasteiger partial charge in [-0.25, -0.2) is 9.59 Å². The van der Waals surface area contributed by atoms with E-state index in [0.717, 1.165) is 24.2 Å². The van der Waals surface area contributed by atoms with Gasteiger partial charge in [0, 0.05) is 50.8 Å². The van der Waals surface area contributed by atoms with Gasteiger partial charge in [-0.05, 0) is 57.1 Å². The Labute approximate surface area is 295 Å². The van der Waals surface area contributed by atoms with Gasteiger partial charge in [-0.3, -0.25) is 14.7 Å². The number of aliphatic imine (C=N–C) groups is 1. The van der Waals surface area contributed by atoms with Crippen LogP contribution < -0.4 is 10.6 Å². The number of alkyl carbamates (subject to hydrolysis) is 1. The maximum absolute atomic E-state index is 14.2. The molecule has 2 saturated heterocycles. The lowest BCUT2D eigenvalue weighted by atomic mass is 9.95. The molecule has 266 valence electrons. The first-order valence-electron chi connectivity index (χ1n) is 17.6. The van der Waals surface area contributed by atoms with Crippen molar-refractivity contribution in [2.24, 2.45) is 4.99 Å². The Morgan fingerprint density at radius 3 is 2.14 bits per heavy atom. The number of rotatable bonds is 14. The van der Waals surface area contributed by atoms with E-state index in [1.807, 2.05) is 50.2 Å². The highest BCUT2D eigenvalue weighted by molar-refractivity contribution is 8.12. The van der Waals surface area contributed by atoms with E-state index in [2.05, 4.69) is 44.8 Å². The van der Waals surface area contributed by atoms with Gasteiger partial charge in [0.1, 0.15) is 12.6 Å². The third kappa shape index (κ3) is 10.9. The first-order valence-corrected chi connectivity index (χ1v) is 18.5. The zero-order valence-electron chi connectivity index (χ0n) is 29.0. The summed E-state index contributed by atoms with van der Waals surface area (Å²) >= 11 is 1.58. The Morgan fingerprint density at radius 2 is 1.57 bits per heavy atom. The second-order valence-corrected chi connectivity index (χ2v) is 14.7. The van der Waals surface area contributed by atoms with Crippen molar-refractivity contribution >= 4 is 35.3 Å². The fraction of sp³-hybridized carbons (Fsp3) is 0.568. The monoisotopic (exact) mass is 692 g/mol. The van der Waals surface area contributed by atoms with Crippen LogP contribution in [0, 0.1) is 0 Å². The molecule has 0 spiro atoms. The summed E-state index contributed by atoms with van der Waals surface area (Å²) in [5.41, 5.74) is 4.03. The second kappa shape index (κ2) is 18.4. The van der Waals surface area contributed by atoms with Crippen LogP contribution in [-0.2, 0) is 27.1 Å². The van der Waals surface area contributed by atoms with E-state index in [-0.39, 0.29) is 41.4 Å². The average Bonchev–Trinajstić information content (AvgIpc) is 3.81. The van der Waals surface area contributed by atoms with Gasteiger partial charge in [-0.15, -0.1) is 11.8 Å². The Hall–Kier alpha value is -3.61. The summed E-state index contributed by atoms with van der Waals surface area (Å²) in [4.78, 5) is 50.9. The molecule has 0 saturated carbocycles. The molecule has 11 nitrogen and oxygen atoms in total. The average molecular weight is 693 g/mol. The van der Waals surface area contributed by atoms with Crippen LogP contribution in [0.15, 0.2) is 65.7 Å². The molecule has 2 fully saturated rings. The molecule has 5 atom stereocenters. The van der Waals surface area contributed by atoms with Crippen molar-refractivity contribution in [2.75, 3.05) is 53.0 Å². The van der Waals surface area contributed by atoms with Crippen LogP contribution in [0.5, 0.6) is 0 Å². The van der Waals surface area contributed by atoms with Crippen molar-refractivity contribution in [2.45, 2.75) is 81.4 Å². The predicted molar refractivity (Wildman–Crippen MR) is 194 cm³/mol. The van der Waals surface area contributed by atoms with Crippen LogP contribution in [0.2, 0.25) is 0 Å². The molecule has 0 bridgehead atoms. The molecule has 5 rings (SSSR count). The number of likely N-dealkylation sites (tertiary alicyclic amines) is 1. The van der Waals surface area contributed by atoms with Gasteiger partial charge in [-0.2, -0.15) is 0 Å². The summed E-state index contributed by atoms with van der Waals surface area (Å²) in [6.45, 7) is 8.33. The maximum atomic E-state index is 14.2. The molecule has 3 aliphatic heterocycles. The Morgan fingerprint density at radius 1 is 0.959 bits per heavy atom. The lowest BCUT2D eigenvalue weighted by Gasteiger charge is -2.33. The summed E-state index contributed by atoms with van der Waals surface area (Å²) < 4.78 is 11.2. The van der Waals surface area contributed by atoms with E-state index in [0.29, 0.717) is 65.0 Å². The van der Waals surface area contributed by atoms with E-state index >= 15 is 0 Å². The zero-order chi connectivity index (χ0) is 34.6. The number of thioether (sulfide) groups is 1. The minimum absolute atomic E-state index is 0.00969. The van der Waals surface area contributed by atoms with Crippen LogP contribution in [0.4, 0.5) is 9.59 Å². The largest absolute Gasteiger partial charge is 0.448 e. The number of amides is 4. The lowest BCUT2D eigenvalue weighted by Crippen LogP contribution is -2.53. The van der Waals surface area contributed by atoms with Gasteiger partial charge in [0.2, 0.25) is 5.91 Å². The van der Waals surface area contributed by atoms with E-state index < -0.39 is 12.1 Å². The molecule has 4 amide bonds. The number of carbonyl (C=O) groups excluding carboxylic acids is 3. The summed E-state index contributed by atoms with van der Waals surface area (Å²) in [6, 6.07) is 19.2. The van der Waals surface area contributed by atoms with Crippen molar-refractivity contribution in [1.82, 2.24) is 25.3 Å². The Kier molecular flexibility index (Phi) is 13.8. The quantitative estimate of drug-likeness (QED) is 0.305. The van der Waals surface area contributed by atoms with Crippen LogP contribution in [0.1, 0.15) is 44.2 Å². The van der Waals surface area contributed by atoms with Crippen LogP contribution in [0.25, 0.3) is 0 Å². The highest BCUT2D eigenvalue weighted by Gasteiger charge is 2.43. The smallest absolute Gasteiger partial charge is 0.407 e. The number of hydrogen-bond donors (Lipinski definition) is 2. The van der Waals surface area contributed by atoms with Crippen molar-refractivity contribution in [3.8, 4) is 0 Å². The van der Waals surface area contributed by atoms with Gasteiger partial charge in [-0.1, -0.05) is 60.7 Å². The summed E-state index contributed by atoms with van der Waals surface area (Å²) in [5, 5.41) is 6.62. The molecular weight excluding hydrogens is 641 g/mol. The third-order valence-corrected chi connectivity index (χ3v) is 10.6. The molecule has 12 heteroatoms. The summed E-state index contributed by atoms with van der Waals surface area (Å²) in [5.74, 6) is -0.134. The molecule has 0 aromatic heterocycles. The van der Waals surface area contributed by atoms with Crippen molar-refractivity contribution in [1.29, 1.82) is 0 Å². The topological polar surface area (TPSA) is 116 Å². The second-order valence-electron chi connectivity index (χ2n) is 13.5. The fourth-order valence-corrected chi connectivity index (χ4v) is 7.32. The molecule has 49 heavy (non-hydrogen) atoms. The van der Waals surface area contributed by atoms with E-state index in [4.69, 9.17) is 9.47 Å². The molecule has 3 heterocycles. The summed E-state index contributed by atoms with van der Waals surface area (Å²) in [6.07, 6.45) is 2.66. The number of ether oxygens (including phenoxy) is 2. The van der Waals surface area contributed by atoms with Crippen molar-refractivity contribution < 1.29 is 23.9 Å². The Bertz CT molecular complexity index is 1370. The number of morpholine rings is 1. The minimum Gasteiger partial charge on any atom is -0.448 e. The number of nitrogens with zero attached hydrogens (tertiary/aromatic N) is 4. The molecule has 0 radical (unpaired) electrons. The van der Waals surface area contributed by atoms with Gasteiger partial charge in [0.05, 0.1) is 30.6 Å². The molecular formula is C37H52N6O5S. The molecule has 0 aliphatic carbocycles. The Balaban J connectivity index is 1.29. The highest BCUT2D eigenvalue weighted by atomic mass is 32.2. The molecule has 3 aliphatic rings. The molecule has 5 unspecified atom stereocenters. The zero-order valence-corrected chi connectivity index (χ0v) is 29.9. The lowest BCUT2D eigenvalue weighted by molar-refractivity contribution is -0.125. The first kappa shape index (κ1) is 36.7. The predicted octanol–water partition coefficient (Wildman–Crippen LogP) is 4.21. The van der Waals surface area contributed by atoms with E-state index in [1.54, 1.807) is 34.2 Å². The van der Waals surface area contributed by atoms with Crippen molar-refractivity contribution in [3.05, 3.63) is 71.8 Å². The van der Waals surface area contributed by atoms with Gasteiger partial charge in [0.25, 0.3) is 0 Å². The first-order chi connectivity index (χ1) is 23.8. The van der Waals surface area contributed by atoms with Gasteiger partial charge < -0.3 is 29.9 Å². The highest BCUT2D eigenvalue weighted by Crippen LogP contribution is 2.26. The van der Waals surface area contributed by atoms with Crippen LogP contribution >= 0.6 is 11.8 Å². The summed E-state index contributed by atoms with van der Waals surface area (Å²) in [7, 11) is 1.80. The third-order valence-electron chi connectivity index (χ3n) is 9.68. The standard InChI is InChI=1S/C37H52N6O5S/c1-27(2)41(3)37(46)43-24-32(42-16-18-47-19-17-42)22-34(43)35(44)39-30(20-28-10-6-4-7-11-28)14-15-31(21-29-12-8-5-9-13-29)40-36(45)48-25-33-23-38-26-49-33/h4-13,26-27,30-34H,14-25H2,1-3H3,(H,39,44)(H,40,45). The van der Waals surface area contributed by atoms with Gasteiger partial charge >= 0.3 is 12.1 Å². The van der Waals surface area contributed by atoms with Crippen LogP contribution in [0.3, 0.4) is 0 Å². The van der Waals surface area contributed by atoms with E-state index in [9.17, 15) is 14.4 Å². The number of carbonyl (C=O) groups is 3. The van der Waals surface area contributed by atoms with Crippen LogP contribution in [-0.4, -0.2) is 127 Å². The number of nitrogens with one attached hydrogen (secondary N) is 2. The molecule has 2 aromatic rings. The number of urea groups is 1. The van der Waals surface area contributed by atoms with Crippen molar-refractivity contribution in [3.63, 3.8) is 0 Å². The van der Waals surface area contributed by atoms with E-state index in [1.165, 1.54) is 0 Å². The number of benzene rings is 2. The maximum Gasteiger partial charge on any atom is 0.407 e. The SMILES string of the molecule is CC(C)N(C)C(=O)N1CC(N2CCOCC2)CC1C(=O)NC(CCC(Cc1ccccc1)NC(=O)OCC1CN=CS1)Cc1ccccc1. The number of hydrogen-bond acceptors (Lipinski definition) is 8. The minimum atomic E-state index is -0.578. The molecule has 2 N–H and O–H groups in total. The van der Waals surface area contributed by atoms with Gasteiger partial charge in [0.15, 0.2) is 0 Å². The molecule has 2 aromatic carbocycles.